The Morgan fingerprint density at radius 3 is 2.58 bits per heavy atom. The van der Waals surface area contributed by atoms with Crippen molar-refractivity contribution in [3.8, 4) is 0 Å². The minimum atomic E-state index is 0.0733. The van der Waals surface area contributed by atoms with E-state index in [-0.39, 0.29) is 5.60 Å². The summed E-state index contributed by atoms with van der Waals surface area (Å²) in [6.07, 6.45) is 2.34. The summed E-state index contributed by atoms with van der Waals surface area (Å²) in [5.41, 5.74) is 1.38. The topological polar surface area (TPSA) is 9.23 Å². The molecule has 1 nitrogen and oxygen atoms in total. The molecule has 1 heteroatoms. The largest absolute Gasteiger partial charge is 0.371 e. The smallest absolute Gasteiger partial charge is 0.0933 e. The fourth-order valence-electron chi connectivity index (χ4n) is 1.60. The molecule has 0 aliphatic heterocycles. The zero-order chi connectivity index (χ0) is 8.44. The standard InChI is InChI=1S/C11H13O/c1-2-12-11(8-9-11)10-6-4-3-5-7-10/h4-7H,2,8-9H2,1H3. The highest BCUT2D eigenvalue weighted by Gasteiger charge is 2.45. The van der Waals surface area contributed by atoms with Crippen molar-refractivity contribution in [1.82, 2.24) is 0 Å². The van der Waals surface area contributed by atoms with Crippen molar-refractivity contribution in [1.29, 1.82) is 0 Å². The van der Waals surface area contributed by atoms with Crippen LogP contribution in [0.2, 0.25) is 0 Å². The van der Waals surface area contributed by atoms with Gasteiger partial charge in [-0.25, -0.2) is 0 Å². The molecule has 63 valence electrons. The molecule has 0 bridgehead atoms. The van der Waals surface area contributed by atoms with Gasteiger partial charge < -0.3 is 4.74 Å². The lowest BCUT2D eigenvalue weighted by molar-refractivity contribution is 0.0396. The van der Waals surface area contributed by atoms with Crippen LogP contribution in [0, 0.1) is 6.07 Å². The highest BCUT2D eigenvalue weighted by molar-refractivity contribution is 5.27. The Bertz CT molecular complexity index is 249. The van der Waals surface area contributed by atoms with Gasteiger partial charge in [-0.2, -0.15) is 0 Å². The van der Waals surface area contributed by atoms with Crippen LogP contribution < -0.4 is 0 Å². The number of benzene rings is 1. The number of ether oxygens (including phenoxy) is 1. The molecule has 1 aromatic carbocycles. The Morgan fingerprint density at radius 2 is 2.08 bits per heavy atom. The van der Waals surface area contributed by atoms with Gasteiger partial charge in [-0.3, -0.25) is 0 Å². The van der Waals surface area contributed by atoms with Gasteiger partial charge in [0, 0.05) is 6.61 Å². The third-order valence-electron chi connectivity index (χ3n) is 2.37. The Morgan fingerprint density at radius 1 is 1.42 bits per heavy atom. The Kier molecular flexibility index (Phi) is 1.89. The van der Waals surface area contributed by atoms with Crippen molar-refractivity contribution >= 4 is 0 Å². The van der Waals surface area contributed by atoms with E-state index in [0.29, 0.717) is 0 Å². The van der Waals surface area contributed by atoms with Gasteiger partial charge in [0.05, 0.1) is 5.60 Å². The monoisotopic (exact) mass is 161 g/mol. The second-order valence-corrected chi connectivity index (χ2v) is 3.22. The van der Waals surface area contributed by atoms with Gasteiger partial charge in [0.15, 0.2) is 0 Å². The van der Waals surface area contributed by atoms with E-state index in [1.165, 1.54) is 18.4 Å². The lowest BCUT2D eigenvalue weighted by Gasteiger charge is -2.14. The predicted molar refractivity (Wildman–Crippen MR) is 47.8 cm³/mol. The van der Waals surface area contributed by atoms with Crippen LogP contribution in [-0.2, 0) is 10.3 Å². The van der Waals surface area contributed by atoms with E-state index in [4.69, 9.17) is 4.74 Å². The molecule has 1 fully saturated rings. The molecule has 1 aliphatic carbocycles. The van der Waals surface area contributed by atoms with Gasteiger partial charge in [-0.15, -0.1) is 0 Å². The maximum absolute atomic E-state index is 5.71. The fourth-order valence-corrected chi connectivity index (χ4v) is 1.60. The summed E-state index contributed by atoms with van der Waals surface area (Å²) in [4.78, 5) is 0. The van der Waals surface area contributed by atoms with Crippen LogP contribution in [0.15, 0.2) is 24.3 Å². The van der Waals surface area contributed by atoms with Crippen molar-refractivity contribution in [2.24, 2.45) is 0 Å². The van der Waals surface area contributed by atoms with E-state index in [1.54, 1.807) is 0 Å². The van der Waals surface area contributed by atoms with Gasteiger partial charge in [-0.05, 0) is 31.4 Å². The van der Waals surface area contributed by atoms with E-state index in [0.717, 1.165) is 6.61 Å². The molecule has 0 N–H and O–H groups in total. The van der Waals surface area contributed by atoms with Crippen LogP contribution >= 0.6 is 0 Å². The third-order valence-corrected chi connectivity index (χ3v) is 2.37. The quantitative estimate of drug-likeness (QED) is 0.661. The minimum absolute atomic E-state index is 0.0733. The zero-order valence-electron chi connectivity index (χ0n) is 7.34. The van der Waals surface area contributed by atoms with Crippen molar-refractivity contribution in [3.63, 3.8) is 0 Å². The molecule has 0 unspecified atom stereocenters. The molecular formula is C11H13O. The summed E-state index contributed by atoms with van der Waals surface area (Å²) >= 11 is 0. The normalized spacial score (nSPS) is 19.1. The van der Waals surface area contributed by atoms with Gasteiger partial charge in [-0.1, -0.05) is 24.3 Å². The van der Waals surface area contributed by atoms with Gasteiger partial charge in [0.1, 0.15) is 0 Å². The molecular weight excluding hydrogens is 148 g/mol. The van der Waals surface area contributed by atoms with Gasteiger partial charge in [0.2, 0.25) is 0 Å². The Balaban J connectivity index is 2.19. The summed E-state index contributed by atoms with van der Waals surface area (Å²) in [5.74, 6) is 0. The lowest BCUT2D eigenvalue weighted by Crippen LogP contribution is -2.11. The average Bonchev–Trinajstić information content (AvgIpc) is 2.88. The molecule has 0 spiro atoms. The summed E-state index contributed by atoms with van der Waals surface area (Å²) in [7, 11) is 0. The highest BCUT2D eigenvalue weighted by atomic mass is 16.5. The van der Waals surface area contributed by atoms with E-state index in [9.17, 15) is 0 Å². The molecule has 1 radical (unpaired) electrons. The summed E-state index contributed by atoms with van der Waals surface area (Å²) in [6, 6.07) is 11.1. The van der Waals surface area contributed by atoms with Crippen LogP contribution in [0.4, 0.5) is 0 Å². The van der Waals surface area contributed by atoms with Crippen LogP contribution in [0.25, 0.3) is 0 Å². The molecule has 0 heterocycles. The average molecular weight is 161 g/mol. The molecule has 0 atom stereocenters. The molecule has 2 rings (SSSR count). The van der Waals surface area contributed by atoms with Crippen LogP contribution in [0.1, 0.15) is 25.3 Å². The highest BCUT2D eigenvalue weighted by Crippen LogP contribution is 2.48. The zero-order valence-corrected chi connectivity index (χ0v) is 7.34. The molecule has 1 saturated carbocycles. The molecule has 12 heavy (non-hydrogen) atoms. The molecule has 1 aromatic rings. The van der Waals surface area contributed by atoms with Crippen LogP contribution in [0.3, 0.4) is 0 Å². The van der Waals surface area contributed by atoms with Crippen molar-refractivity contribution in [2.75, 3.05) is 6.61 Å². The first-order valence-electron chi connectivity index (χ1n) is 4.48. The summed E-state index contributed by atoms with van der Waals surface area (Å²) in [5, 5.41) is 0. The first kappa shape index (κ1) is 7.81. The van der Waals surface area contributed by atoms with E-state index >= 15 is 0 Å². The van der Waals surface area contributed by atoms with Gasteiger partial charge >= 0.3 is 0 Å². The first-order chi connectivity index (χ1) is 5.87. The maximum Gasteiger partial charge on any atom is 0.0933 e. The molecule has 0 saturated heterocycles. The maximum atomic E-state index is 5.71. The van der Waals surface area contributed by atoms with E-state index in [1.807, 2.05) is 12.1 Å². The van der Waals surface area contributed by atoms with Crippen molar-refractivity contribution < 1.29 is 4.74 Å². The van der Waals surface area contributed by atoms with Crippen LogP contribution in [-0.4, -0.2) is 6.61 Å². The SMILES string of the molecule is CCOC1(c2cc[c]cc2)CC1. The molecule has 1 aliphatic rings. The number of hydrogen-bond donors (Lipinski definition) is 0. The lowest BCUT2D eigenvalue weighted by atomic mass is 10.1. The Hall–Kier alpha value is -0.820. The van der Waals surface area contributed by atoms with E-state index in [2.05, 4.69) is 25.1 Å². The fraction of sp³-hybridized carbons (Fsp3) is 0.455. The summed E-state index contributed by atoms with van der Waals surface area (Å²) < 4.78 is 5.71. The number of hydrogen-bond acceptors (Lipinski definition) is 1. The van der Waals surface area contributed by atoms with Gasteiger partial charge in [0.25, 0.3) is 0 Å². The minimum Gasteiger partial charge on any atom is -0.371 e. The predicted octanol–water partition coefficient (Wildman–Crippen LogP) is 2.51. The summed E-state index contributed by atoms with van der Waals surface area (Å²) in [6.45, 7) is 2.85. The van der Waals surface area contributed by atoms with Crippen LogP contribution in [0.5, 0.6) is 0 Å². The number of rotatable bonds is 3. The van der Waals surface area contributed by atoms with Crippen molar-refractivity contribution in [3.05, 3.63) is 35.9 Å². The molecule has 0 amide bonds. The second-order valence-electron chi connectivity index (χ2n) is 3.22. The second kappa shape index (κ2) is 2.91. The third kappa shape index (κ3) is 1.25. The van der Waals surface area contributed by atoms with E-state index < -0.39 is 0 Å². The molecule has 0 aromatic heterocycles. The van der Waals surface area contributed by atoms with Crippen molar-refractivity contribution in [2.45, 2.75) is 25.4 Å². The first-order valence-corrected chi connectivity index (χ1v) is 4.48. The Labute approximate surface area is 73.4 Å².